The number of carbonyl (C=O) groups is 1. The number of rotatable bonds is 6. The van der Waals surface area contributed by atoms with Crippen LogP contribution in [0.3, 0.4) is 0 Å². The highest BCUT2D eigenvalue weighted by molar-refractivity contribution is 5.89. The third-order valence-electron chi connectivity index (χ3n) is 2.74. The fourth-order valence-electron chi connectivity index (χ4n) is 1.86. The zero-order valence-electron chi connectivity index (χ0n) is 11.5. The van der Waals surface area contributed by atoms with Crippen LogP contribution in [0, 0.1) is 0 Å². The van der Waals surface area contributed by atoms with Crippen LogP contribution in [0.2, 0.25) is 0 Å². The summed E-state index contributed by atoms with van der Waals surface area (Å²) >= 11 is 0. The maximum Gasteiger partial charge on any atom is 0.337 e. The first-order valence-corrected chi connectivity index (χ1v) is 6.40. The lowest BCUT2D eigenvalue weighted by Gasteiger charge is -2.07. The monoisotopic (exact) mass is 250 g/mol. The maximum absolute atomic E-state index is 11.8. The Kier molecular flexibility index (Phi) is 5.69. The predicted octanol–water partition coefficient (Wildman–Crippen LogP) is 3.52. The molecule has 0 saturated carbocycles. The Morgan fingerprint density at radius 2 is 2.28 bits per heavy atom. The fourth-order valence-corrected chi connectivity index (χ4v) is 1.86. The molecule has 1 rings (SSSR count). The summed E-state index contributed by atoms with van der Waals surface area (Å²) in [4.78, 5) is 11.8. The highest BCUT2D eigenvalue weighted by atomic mass is 16.5. The molecule has 0 aromatic rings. The van der Waals surface area contributed by atoms with Gasteiger partial charge < -0.3 is 9.47 Å². The molecule has 0 aromatic carbocycles. The number of ether oxygens (including phenoxy) is 2. The van der Waals surface area contributed by atoms with Gasteiger partial charge in [0.05, 0.1) is 12.2 Å². The smallest absolute Gasteiger partial charge is 0.337 e. The lowest BCUT2D eigenvalue weighted by Crippen LogP contribution is -2.08. The van der Waals surface area contributed by atoms with Crippen LogP contribution in [-0.2, 0) is 14.3 Å². The highest BCUT2D eigenvalue weighted by Gasteiger charge is 2.28. The van der Waals surface area contributed by atoms with Crippen molar-refractivity contribution in [3.05, 3.63) is 35.6 Å². The lowest BCUT2D eigenvalue weighted by atomic mass is 10.1. The molecule has 0 spiro atoms. The fraction of sp³-hybridized carbons (Fsp3) is 0.533. The Balaban J connectivity index is 2.72. The average Bonchev–Trinajstić information content (AvgIpc) is 2.72. The molecular formula is C15H22O3. The molecule has 0 aliphatic carbocycles. The topological polar surface area (TPSA) is 35.5 Å². The zero-order valence-corrected chi connectivity index (χ0v) is 11.5. The van der Waals surface area contributed by atoms with Gasteiger partial charge in [-0.1, -0.05) is 24.3 Å². The first-order chi connectivity index (χ1) is 8.58. The van der Waals surface area contributed by atoms with E-state index < -0.39 is 0 Å². The van der Waals surface area contributed by atoms with E-state index in [1.165, 1.54) is 5.57 Å². The van der Waals surface area contributed by atoms with Crippen molar-refractivity contribution in [2.45, 2.75) is 46.1 Å². The molecule has 1 aliphatic rings. The Morgan fingerprint density at radius 3 is 2.83 bits per heavy atom. The molecule has 3 heteroatoms. The minimum Gasteiger partial charge on any atom is -0.490 e. The van der Waals surface area contributed by atoms with Crippen molar-refractivity contribution in [2.24, 2.45) is 0 Å². The van der Waals surface area contributed by atoms with E-state index in [0.717, 1.165) is 18.6 Å². The van der Waals surface area contributed by atoms with E-state index in [9.17, 15) is 4.79 Å². The van der Waals surface area contributed by atoms with Crippen molar-refractivity contribution in [1.29, 1.82) is 0 Å². The third-order valence-corrected chi connectivity index (χ3v) is 2.74. The Bertz CT molecular complexity index is 373. The zero-order chi connectivity index (χ0) is 13.5. The Morgan fingerprint density at radius 1 is 1.56 bits per heavy atom. The molecule has 0 N–H and O–H groups in total. The molecule has 0 radical (unpaired) electrons. The summed E-state index contributed by atoms with van der Waals surface area (Å²) in [7, 11) is 0. The van der Waals surface area contributed by atoms with Gasteiger partial charge in [0.15, 0.2) is 0 Å². The maximum atomic E-state index is 11.8. The van der Waals surface area contributed by atoms with Crippen LogP contribution in [0.15, 0.2) is 35.6 Å². The van der Waals surface area contributed by atoms with Crippen molar-refractivity contribution in [1.82, 2.24) is 0 Å². The summed E-state index contributed by atoms with van der Waals surface area (Å²) in [5.74, 6) is 0.505. The van der Waals surface area contributed by atoms with E-state index in [2.05, 4.69) is 26.5 Å². The molecule has 0 saturated heterocycles. The lowest BCUT2D eigenvalue weighted by molar-refractivity contribution is -0.138. The van der Waals surface area contributed by atoms with E-state index in [1.54, 1.807) is 6.08 Å². The quantitative estimate of drug-likeness (QED) is 0.534. The molecule has 0 bridgehead atoms. The van der Waals surface area contributed by atoms with Gasteiger partial charge in [0.2, 0.25) is 0 Å². The SMILES string of the molecule is C=CC1CC(C(=O)OCC)=C(CCC=C(C)C)O1. The van der Waals surface area contributed by atoms with Gasteiger partial charge in [0, 0.05) is 12.8 Å². The van der Waals surface area contributed by atoms with Crippen LogP contribution in [0.25, 0.3) is 0 Å². The number of carbonyl (C=O) groups excluding carboxylic acids is 1. The Labute approximate surface area is 109 Å². The van der Waals surface area contributed by atoms with E-state index >= 15 is 0 Å². The van der Waals surface area contributed by atoms with Crippen LogP contribution in [-0.4, -0.2) is 18.7 Å². The molecule has 0 amide bonds. The van der Waals surface area contributed by atoms with Crippen molar-refractivity contribution in [3.63, 3.8) is 0 Å². The van der Waals surface area contributed by atoms with Gasteiger partial charge >= 0.3 is 5.97 Å². The van der Waals surface area contributed by atoms with Crippen molar-refractivity contribution in [3.8, 4) is 0 Å². The molecule has 1 heterocycles. The molecule has 100 valence electrons. The number of esters is 1. The van der Waals surface area contributed by atoms with Crippen LogP contribution in [0.1, 0.15) is 40.0 Å². The second-order valence-electron chi connectivity index (χ2n) is 4.54. The van der Waals surface area contributed by atoms with Gasteiger partial charge in [-0.2, -0.15) is 0 Å². The second-order valence-corrected chi connectivity index (χ2v) is 4.54. The summed E-state index contributed by atoms with van der Waals surface area (Å²) in [5, 5.41) is 0. The van der Waals surface area contributed by atoms with Crippen molar-refractivity contribution < 1.29 is 14.3 Å². The number of hydrogen-bond donors (Lipinski definition) is 0. The molecule has 1 unspecified atom stereocenters. The largest absolute Gasteiger partial charge is 0.490 e. The van der Waals surface area contributed by atoms with Gasteiger partial charge in [0.1, 0.15) is 11.9 Å². The molecule has 3 nitrogen and oxygen atoms in total. The third kappa shape index (κ3) is 4.06. The van der Waals surface area contributed by atoms with E-state index in [4.69, 9.17) is 9.47 Å². The second kappa shape index (κ2) is 7.04. The minimum absolute atomic E-state index is 0.0916. The summed E-state index contributed by atoms with van der Waals surface area (Å²) in [6.07, 6.45) is 5.97. The summed E-state index contributed by atoms with van der Waals surface area (Å²) < 4.78 is 10.8. The van der Waals surface area contributed by atoms with Gasteiger partial charge in [-0.3, -0.25) is 0 Å². The molecule has 1 atom stereocenters. The summed E-state index contributed by atoms with van der Waals surface area (Å²) in [6, 6.07) is 0. The molecule has 0 aromatic heterocycles. The van der Waals surface area contributed by atoms with E-state index in [-0.39, 0.29) is 12.1 Å². The number of allylic oxidation sites excluding steroid dienone is 3. The van der Waals surface area contributed by atoms with Crippen LogP contribution >= 0.6 is 0 Å². The number of hydrogen-bond acceptors (Lipinski definition) is 3. The molecule has 18 heavy (non-hydrogen) atoms. The molecule has 1 aliphatic heterocycles. The average molecular weight is 250 g/mol. The van der Waals surface area contributed by atoms with E-state index in [0.29, 0.717) is 18.6 Å². The van der Waals surface area contributed by atoms with Crippen molar-refractivity contribution in [2.75, 3.05) is 6.61 Å². The normalized spacial score (nSPS) is 18.3. The van der Waals surface area contributed by atoms with Crippen molar-refractivity contribution >= 4 is 5.97 Å². The van der Waals surface area contributed by atoms with Gasteiger partial charge in [0.25, 0.3) is 0 Å². The van der Waals surface area contributed by atoms with Crippen LogP contribution in [0.5, 0.6) is 0 Å². The summed E-state index contributed by atoms with van der Waals surface area (Å²) in [5.41, 5.74) is 1.94. The minimum atomic E-state index is -0.256. The summed E-state index contributed by atoms with van der Waals surface area (Å²) in [6.45, 7) is 10.0. The van der Waals surface area contributed by atoms with Gasteiger partial charge in [-0.05, 0) is 27.2 Å². The standard InChI is InChI=1S/C15H22O3/c1-5-12-10-13(15(16)17-6-2)14(18-12)9-7-8-11(3)4/h5,8,12H,1,6-7,9-10H2,2-4H3. The van der Waals surface area contributed by atoms with Gasteiger partial charge in [-0.25, -0.2) is 4.79 Å². The van der Waals surface area contributed by atoms with Gasteiger partial charge in [-0.15, -0.1) is 0 Å². The van der Waals surface area contributed by atoms with Crippen LogP contribution in [0.4, 0.5) is 0 Å². The molecular weight excluding hydrogens is 228 g/mol. The first-order valence-electron chi connectivity index (χ1n) is 6.40. The molecule has 0 fully saturated rings. The highest BCUT2D eigenvalue weighted by Crippen LogP contribution is 2.29. The first kappa shape index (κ1) is 14.6. The van der Waals surface area contributed by atoms with Crippen LogP contribution < -0.4 is 0 Å². The Hall–Kier alpha value is -1.51. The van der Waals surface area contributed by atoms with E-state index in [1.807, 2.05) is 6.92 Å². The predicted molar refractivity (Wildman–Crippen MR) is 72.0 cm³/mol.